The van der Waals surface area contributed by atoms with Gasteiger partial charge in [-0.3, -0.25) is 10.1 Å². The minimum Gasteiger partial charge on any atom is -0.258 e. The van der Waals surface area contributed by atoms with E-state index in [9.17, 15) is 10.1 Å². The van der Waals surface area contributed by atoms with Crippen LogP contribution in [0.5, 0.6) is 0 Å². The number of halogens is 1. The average Bonchev–Trinajstić information content (AvgIpc) is 2.95. The van der Waals surface area contributed by atoms with Crippen LogP contribution in [0.3, 0.4) is 0 Å². The Balaban J connectivity index is 2.01. The summed E-state index contributed by atoms with van der Waals surface area (Å²) in [4.78, 5) is 11.2. The Morgan fingerprint density at radius 1 is 1.24 bits per heavy atom. The van der Waals surface area contributed by atoms with Crippen molar-refractivity contribution >= 4 is 40.1 Å². The van der Waals surface area contributed by atoms with Crippen LogP contribution in [0.4, 0.5) is 5.69 Å². The number of hydrogen-bond acceptors (Lipinski definition) is 6. The maximum Gasteiger partial charge on any atom is 0.314 e. The smallest absolute Gasteiger partial charge is 0.258 e. The fraction of sp³-hybridized carbons (Fsp3) is 0.0769. The predicted octanol–water partition coefficient (Wildman–Crippen LogP) is 4.08. The Labute approximate surface area is 128 Å². The molecule has 0 atom stereocenters. The summed E-state index contributed by atoms with van der Waals surface area (Å²) in [6.07, 6.45) is 0. The normalized spacial score (nSPS) is 10.9. The van der Waals surface area contributed by atoms with Crippen LogP contribution in [0, 0.1) is 10.1 Å². The molecule has 0 N–H and O–H groups in total. The topological polar surface area (TPSA) is 82.1 Å². The largest absolute Gasteiger partial charge is 0.314 e. The molecule has 0 bridgehead atoms. The van der Waals surface area contributed by atoms with Crippen molar-refractivity contribution in [1.29, 1.82) is 0 Å². The average molecular weight is 322 g/mol. The second kappa shape index (κ2) is 5.71. The third kappa shape index (κ3) is 2.70. The SMILES string of the molecule is O=[N+]([O-])c1c(SCc2ccccc2)cc(Cl)c2nonc12. The van der Waals surface area contributed by atoms with Gasteiger partial charge in [-0.25, -0.2) is 4.63 Å². The van der Waals surface area contributed by atoms with Crippen molar-refractivity contribution in [1.82, 2.24) is 10.3 Å². The van der Waals surface area contributed by atoms with Gasteiger partial charge in [-0.1, -0.05) is 41.9 Å². The zero-order valence-electron chi connectivity index (χ0n) is 10.5. The van der Waals surface area contributed by atoms with Gasteiger partial charge in [0, 0.05) is 5.75 Å². The minimum absolute atomic E-state index is 0.0723. The molecule has 0 fully saturated rings. The first-order valence-electron chi connectivity index (χ1n) is 5.92. The highest BCUT2D eigenvalue weighted by Crippen LogP contribution is 2.39. The molecule has 6 nitrogen and oxygen atoms in total. The number of aromatic nitrogens is 2. The van der Waals surface area contributed by atoms with E-state index in [4.69, 9.17) is 11.6 Å². The molecule has 1 heterocycles. The van der Waals surface area contributed by atoms with Gasteiger partial charge in [0.15, 0.2) is 5.52 Å². The van der Waals surface area contributed by atoms with E-state index in [1.807, 2.05) is 30.3 Å². The number of rotatable bonds is 4. The van der Waals surface area contributed by atoms with E-state index in [1.165, 1.54) is 17.8 Å². The Bertz CT molecular complexity index is 807. The van der Waals surface area contributed by atoms with Gasteiger partial charge in [0.1, 0.15) is 0 Å². The van der Waals surface area contributed by atoms with Gasteiger partial charge in [-0.15, -0.1) is 11.8 Å². The summed E-state index contributed by atoms with van der Waals surface area (Å²) in [6.45, 7) is 0. The lowest BCUT2D eigenvalue weighted by Crippen LogP contribution is -1.94. The zero-order valence-corrected chi connectivity index (χ0v) is 12.1. The molecule has 0 radical (unpaired) electrons. The molecule has 3 rings (SSSR count). The van der Waals surface area contributed by atoms with Crippen LogP contribution in [0.2, 0.25) is 5.02 Å². The van der Waals surface area contributed by atoms with Gasteiger partial charge < -0.3 is 0 Å². The second-order valence-corrected chi connectivity index (χ2v) is 5.62. The van der Waals surface area contributed by atoms with E-state index in [-0.39, 0.29) is 21.7 Å². The fourth-order valence-corrected chi connectivity index (χ4v) is 3.21. The minimum atomic E-state index is -0.490. The fourth-order valence-electron chi connectivity index (χ4n) is 1.89. The number of benzene rings is 2. The molecule has 106 valence electrons. The van der Waals surface area contributed by atoms with Crippen molar-refractivity contribution in [2.24, 2.45) is 0 Å². The highest BCUT2D eigenvalue weighted by Gasteiger charge is 2.25. The predicted molar refractivity (Wildman–Crippen MR) is 79.5 cm³/mol. The number of hydrogen-bond donors (Lipinski definition) is 0. The van der Waals surface area contributed by atoms with Gasteiger partial charge in [0.05, 0.1) is 14.8 Å². The molecule has 0 spiro atoms. The molecule has 2 aromatic carbocycles. The van der Waals surface area contributed by atoms with E-state index in [1.54, 1.807) is 0 Å². The number of fused-ring (bicyclic) bond motifs is 1. The third-order valence-electron chi connectivity index (χ3n) is 2.85. The van der Waals surface area contributed by atoms with Crippen LogP contribution >= 0.6 is 23.4 Å². The second-order valence-electron chi connectivity index (χ2n) is 4.20. The molecule has 0 aliphatic rings. The Kier molecular flexibility index (Phi) is 3.76. The van der Waals surface area contributed by atoms with E-state index in [0.29, 0.717) is 10.6 Å². The maximum absolute atomic E-state index is 11.3. The molecule has 8 heteroatoms. The summed E-state index contributed by atoms with van der Waals surface area (Å²) in [5, 5.41) is 18.8. The van der Waals surface area contributed by atoms with E-state index >= 15 is 0 Å². The van der Waals surface area contributed by atoms with Gasteiger partial charge >= 0.3 is 5.69 Å². The number of nitrogens with zero attached hydrogens (tertiary/aromatic N) is 3. The Hall–Kier alpha value is -2.12. The van der Waals surface area contributed by atoms with Crippen LogP contribution in [0.1, 0.15) is 5.56 Å². The summed E-state index contributed by atoms with van der Waals surface area (Å²) in [5.41, 5.74) is 1.21. The quantitative estimate of drug-likeness (QED) is 0.409. The first kappa shape index (κ1) is 13.8. The number of thioether (sulfide) groups is 1. The van der Waals surface area contributed by atoms with Crippen molar-refractivity contribution in [2.45, 2.75) is 10.6 Å². The molecule has 0 aliphatic heterocycles. The lowest BCUT2D eigenvalue weighted by molar-refractivity contribution is -0.386. The van der Waals surface area contributed by atoms with Crippen LogP contribution in [-0.4, -0.2) is 15.2 Å². The first-order valence-corrected chi connectivity index (χ1v) is 7.29. The molecule has 3 aromatic rings. The first-order chi connectivity index (χ1) is 10.2. The Morgan fingerprint density at radius 2 is 1.95 bits per heavy atom. The molecule has 0 saturated heterocycles. The molecule has 0 amide bonds. The van der Waals surface area contributed by atoms with Crippen molar-refractivity contribution in [2.75, 3.05) is 0 Å². The summed E-state index contributed by atoms with van der Waals surface area (Å²) >= 11 is 7.39. The van der Waals surface area contributed by atoms with Gasteiger partial charge in [0.2, 0.25) is 5.52 Å². The molecular formula is C13H8ClN3O3S. The summed E-state index contributed by atoms with van der Waals surface area (Å²) < 4.78 is 4.56. The Morgan fingerprint density at radius 3 is 2.67 bits per heavy atom. The molecule has 1 aromatic heterocycles. The lowest BCUT2D eigenvalue weighted by Gasteiger charge is -2.04. The highest BCUT2D eigenvalue weighted by molar-refractivity contribution is 7.98. The maximum atomic E-state index is 11.3. The standard InChI is InChI=1S/C13H8ClN3O3S/c14-9-6-10(21-7-8-4-2-1-3-5-8)13(17(18)19)12-11(9)15-20-16-12/h1-6H,7H2. The van der Waals surface area contributed by atoms with Crippen LogP contribution in [0.25, 0.3) is 11.0 Å². The van der Waals surface area contributed by atoms with Crippen molar-refractivity contribution in [3.8, 4) is 0 Å². The van der Waals surface area contributed by atoms with Gasteiger partial charge in [-0.05, 0) is 21.9 Å². The van der Waals surface area contributed by atoms with E-state index < -0.39 is 4.92 Å². The molecule has 21 heavy (non-hydrogen) atoms. The molecule has 0 saturated carbocycles. The molecule has 0 aliphatic carbocycles. The van der Waals surface area contributed by atoms with Crippen LogP contribution < -0.4 is 0 Å². The monoisotopic (exact) mass is 321 g/mol. The van der Waals surface area contributed by atoms with Crippen molar-refractivity contribution in [3.63, 3.8) is 0 Å². The van der Waals surface area contributed by atoms with Crippen molar-refractivity contribution in [3.05, 3.63) is 57.1 Å². The van der Waals surface area contributed by atoms with E-state index in [0.717, 1.165) is 5.56 Å². The van der Waals surface area contributed by atoms with Crippen LogP contribution in [-0.2, 0) is 5.75 Å². The lowest BCUT2D eigenvalue weighted by atomic mass is 10.2. The molecular weight excluding hydrogens is 314 g/mol. The van der Waals surface area contributed by atoms with Crippen molar-refractivity contribution < 1.29 is 9.55 Å². The summed E-state index contributed by atoms with van der Waals surface area (Å²) in [7, 11) is 0. The summed E-state index contributed by atoms with van der Waals surface area (Å²) in [6, 6.07) is 11.2. The third-order valence-corrected chi connectivity index (χ3v) is 4.24. The number of nitro groups is 1. The van der Waals surface area contributed by atoms with Gasteiger partial charge in [0.25, 0.3) is 0 Å². The summed E-state index contributed by atoms with van der Waals surface area (Å²) in [5.74, 6) is 0.592. The van der Waals surface area contributed by atoms with Gasteiger partial charge in [-0.2, -0.15) is 0 Å². The molecule has 0 unspecified atom stereocenters. The number of nitro benzene ring substituents is 1. The highest BCUT2D eigenvalue weighted by atomic mass is 35.5. The zero-order chi connectivity index (χ0) is 14.8. The van der Waals surface area contributed by atoms with E-state index in [2.05, 4.69) is 14.9 Å². The van der Waals surface area contributed by atoms with Crippen LogP contribution in [0.15, 0.2) is 45.9 Å².